The van der Waals surface area contributed by atoms with Gasteiger partial charge in [0.25, 0.3) is 0 Å². The summed E-state index contributed by atoms with van der Waals surface area (Å²) in [5, 5.41) is 0. The lowest BCUT2D eigenvalue weighted by Gasteiger charge is -2.22. The fourth-order valence-electron chi connectivity index (χ4n) is 0.546. The highest BCUT2D eigenvalue weighted by atomic mass is 28.4. The fourth-order valence-corrected chi connectivity index (χ4v) is 1.64. The van der Waals surface area contributed by atoms with Crippen molar-refractivity contribution in [3.8, 4) is 0 Å². The summed E-state index contributed by atoms with van der Waals surface area (Å²) >= 11 is 0. The molecule has 0 rings (SSSR count). The zero-order valence-electron chi connectivity index (χ0n) is 7.68. The quantitative estimate of drug-likeness (QED) is 0.662. The summed E-state index contributed by atoms with van der Waals surface area (Å²) in [6.45, 7) is 0. The van der Waals surface area contributed by atoms with E-state index in [4.69, 9.17) is 0 Å². The third kappa shape index (κ3) is 3.25. The number of halogens is 3. The van der Waals surface area contributed by atoms with Crippen LogP contribution in [-0.4, -0.2) is 42.5 Å². The molecule has 0 saturated heterocycles. The molecule has 9 heteroatoms. The Labute approximate surface area is 79.2 Å². The average molecular weight is 234 g/mol. The van der Waals surface area contributed by atoms with Crippen LogP contribution in [0.25, 0.3) is 0 Å². The number of hydrogen-bond acceptors (Lipinski definition) is 5. The maximum absolute atomic E-state index is 11.8. The summed E-state index contributed by atoms with van der Waals surface area (Å²) in [5.74, 6) is -2.41. The Bertz CT molecular complexity index is 194. The molecule has 0 radical (unpaired) electrons. The van der Waals surface area contributed by atoms with E-state index < -0.39 is 21.2 Å². The Balaban J connectivity index is 4.54. The Hall–Kier alpha value is -0.643. The molecule has 0 aromatic rings. The summed E-state index contributed by atoms with van der Waals surface area (Å²) in [5.41, 5.74) is 0. The molecule has 0 N–H and O–H groups in total. The van der Waals surface area contributed by atoms with E-state index >= 15 is 0 Å². The topological polar surface area (TPSA) is 54.0 Å². The largest absolute Gasteiger partial charge is 0.751 e. The molecule has 0 aliphatic rings. The van der Waals surface area contributed by atoms with Crippen molar-refractivity contribution in [2.75, 3.05) is 21.3 Å². The van der Waals surface area contributed by atoms with Gasteiger partial charge in [0.05, 0.1) is 0 Å². The molecule has 0 spiro atoms. The van der Waals surface area contributed by atoms with Crippen LogP contribution in [-0.2, 0) is 22.5 Å². The first-order valence-electron chi connectivity index (χ1n) is 3.27. The molecule has 0 amide bonds. The van der Waals surface area contributed by atoms with Gasteiger partial charge in [0.2, 0.25) is 0 Å². The first kappa shape index (κ1) is 13.4. The summed E-state index contributed by atoms with van der Waals surface area (Å²) < 4.78 is 52.6. The fraction of sp³-hybridized carbons (Fsp3) is 0.800. The maximum atomic E-state index is 11.8. The lowest BCUT2D eigenvalue weighted by atomic mass is 10.7. The molecular weight excluding hydrogens is 225 g/mol. The smallest absolute Gasteiger partial charge is 0.445 e. The van der Waals surface area contributed by atoms with Crippen LogP contribution in [0.5, 0.6) is 0 Å². The van der Waals surface area contributed by atoms with Crippen LogP contribution in [0.1, 0.15) is 0 Å². The maximum Gasteiger partial charge on any atom is 0.751 e. The molecule has 0 aromatic heterocycles. The van der Waals surface area contributed by atoms with Gasteiger partial charge in [0.15, 0.2) is 0 Å². The van der Waals surface area contributed by atoms with E-state index in [0.717, 1.165) is 21.3 Å². The predicted octanol–water partition coefficient (Wildman–Crippen LogP) is 0.467. The van der Waals surface area contributed by atoms with Crippen LogP contribution in [0.15, 0.2) is 0 Å². The Morgan fingerprint density at radius 1 is 1.07 bits per heavy atom. The minimum atomic E-state index is -5.10. The van der Waals surface area contributed by atoms with E-state index in [-0.39, 0.29) is 0 Å². The molecule has 0 heterocycles. The van der Waals surface area contributed by atoms with E-state index in [0.29, 0.717) is 0 Å². The van der Waals surface area contributed by atoms with Crippen LogP contribution in [0.2, 0.25) is 0 Å². The van der Waals surface area contributed by atoms with Gasteiger partial charge in [0.1, 0.15) is 0 Å². The molecule has 0 fully saturated rings. The minimum Gasteiger partial charge on any atom is -0.445 e. The number of carbonyl (C=O) groups excluding carboxylic acids is 1. The summed E-state index contributed by atoms with van der Waals surface area (Å²) in [7, 11) is -0.910. The molecule has 0 aliphatic heterocycles. The Kier molecular flexibility index (Phi) is 4.51. The van der Waals surface area contributed by atoms with E-state index in [2.05, 4.69) is 17.7 Å². The van der Waals surface area contributed by atoms with Gasteiger partial charge in [-0.1, -0.05) is 0 Å². The number of carbonyl (C=O) groups is 1. The van der Waals surface area contributed by atoms with E-state index in [9.17, 15) is 18.0 Å². The molecule has 0 saturated carbocycles. The zero-order chi connectivity index (χ0) is 11.4. The Morgan fingerprint density at radius 3 is 1.64 bits per heavy atom. The zero-order valence-corrected chi connectivity index (χ0v) is 8.68. The van der Waals surface area contributed by atoms with Gasteiger partial charge in [-0.15, -0.1) is 0 Å². The second-order valence-corrected chi connectivity index (χ2v) is 4.43. The number of rotatable bonds is 4. The normalized spacial score (nSPS) is 12.7. The summed E-state index contributed by atoms with van der Waals surface area (Å²) in [4.78, 5) is 10.4. The van der Waals surface area contributed by atoms with Gasteiger partial charge < -0.3 is 17.7 Å². The number of hydrogen-bond donors (Lipinski definition) is 0. The highest BCUT2D eigenvalue weighted by molar-refractivity contribution is 6.55. The van der Waals surface area contributed by atoms with E-state index in [1.165, 1.54) is 0 Å². The van der Waals surface area contributed by atoms with E-state index in [1.807, 2.05) is 0 Å². The standard InChI is InChI=1S/C5H9F3O5Si/c1-10-14(11-2,12-3)13-4(9)5(6,7)8/h1-3H3. The van der Waals surface area contributed by atoms with Crippen molar-refractivity contribution in [3.63, 3.8) is 0 Å². The highest BCUT2D eigenvalue weighted by Gasteiger charge is 2.53. The van der Waals surface area contributed by atoms with Gasteiger partial charge in [-0.2, -0.15) is 13.2 Å². The average Bonchev–Trinajstić information content (AvgIpc) is 2.12. The highest BCUT2D eigenvalue weighted by Crippen LogP contribution is 2.20. The third-order valence-electron chi connectivity index (χ3n) is 1.20. The molecule has 14 heavy (non-hydrogen) atoms. The van der Waals surface area contributed by atoms with Gasteiger partial charge in [-0.3, -0.25) is 0 Å². The second kappa shape index (κ2) is 4.73. The van der Waals surface area contributed by atoms with Crippen LogP contribution < -0.4 is 0 Å². The first-order chi connectivity index (χ1) is 6.31. The lowest BCUT2D eigenvalue weighted by molar-refractivity contribution is -0.197. The van der Waals surface area contributed by atoms with Crippen LogP contribution in [0, 0.1) is 0 Å². The van der Waals surface area contributed by atoms with Crippen LogP contribution >= 0.6 is 0 Å². The lowest BCUT2D eigenvalue weighted by Crippen LogP contribution is -2.50. The third-order valence-corrected chi connectivity index (χ3v) is 3.13. The van der Waals surface area contributed by atoms with Crippen LogP contribution in [0.3, 0.4) is 0 Å². The van der Waals surface area contributed by atoms with Crippen molar-refractivity contribution < 1.29 is 35.7 Å². The van der Waals surface area contributed by atoms with Gasteiger partial charge >= 0.3 is 21.2 Å². The van der Waals surface area contributed by atoms with Crippen molar-refractivity contribution in [2.45, 2.75) is 6.18 Å². The Morgan fingerprint density at radius 2 is 1.43 bits per heavy atom. The first-order valence-corrected chi connectivity index (χ1v) is 4.90. The molecule has 0 unspecified atom stereocenters. The van der Waals surface area contributed by atoms with Gasteiger partial charge in [-0.25, -0.2) is 4.79 Å². The van der Waals surface area contributed by atoms with Crippen molar-refractivity contribution in [2.24, 2.45) is 0 Å². The molecule has 0 atom stereocenters. The SMILES string of the molecule is CO[Si](OC)(OC)OC(=O)C(F)(F)F. The van der Waals surface area contributed by atoms with Gasteiger partial charge in [0, 0.05) is 21.3 Å². The number of alkyl halides is 3. The summed E-state index contributed by atoms with van der Waals surface area (Å²) in [6, 6.07) is 0. The minimum absolute atomic E-state index is 1.02. The summed E-state index contributed by atoms with van der Waals surface area (Å²) in [6.07, 6.45) is -5.10. The van der Waals surface area contributed by atoms with Crippen molar-refractivity contribution in [1.29, 1.82) is 0 Å². The monoisotopic (exact) mass is 234 g/mol. The molecule has 0 bridgehead atoms. The predicted molar refractivity (Wildman–Crippen MR) is 38.9 cm³/mol. The van der Waals surface area contributed by atoms with Crippen molar-refractivity contribution in [1.82, 2.24) is 0 Å². The molecular formula is C5H9F3O5Si. The molecule has 0 aromatic carbocycles. The van der Waals surface area contributed by atoms with E-state index in [1.54, 1.807) is 0 Å². The molecule has 0 aliphatic carbocycles. The van der Waals surface area contributed by atoms with Crippen LogP contribution in [0.4, 0.5) is 13.2 Å². The molecule has 5 nitrogen and oxygen atoms in total. The van der Waals surface area contributed by atoms with Crippen molar-refractivity contribution in [3.05, 3.63) is 0 Å². The van der Waals surface area contributed by atoms with Crippen molar-refractivity contribution >= 4 is 15.0 Å². The second-order valence-electron chi connectivity index (χ2n) is 2.00. The van der Waals surface area contributed by atoms with Gasteiger partial charge in [-0.05, 0) is 0 Å². The molecule has 84 valence electrons.